The fourth-order valence-electron chi connectivity index (χ4n) is 2.21. The van der Waals surface area contributed by atoms with Crippen LogP contribution in [0.3, 0.4) is 0 Å². The third-order valence-electron chi connectivity index (χ3n) is 3.68. The summed E-state index contributed by atoms with van der Waals surface area (Å²) in [5.74, 6) is 0.848. The SMILES string of the molecule is CCc1nc(CCNC(=NC)NCC(C)(C)c2cccs2)cs1. The second-order valence-corrected chi connectivity index (χ2v) is 7.94. The van der Waals surface area contributed by atoms with Gasteiger partial charge in [-0.15, -0.1) is 22.7 Å². The van der Waals surface area contributed by atoms with Gasteiger partial charge in [-0.2, -0.15) is 0 Å². The molecule has 0 fully saturated rings. The van der Waals surface area contributed by atoms with E-state index in [4.69, 9.17) is 0 Å². The smallest absolute Gasteiger partial charge is 0.191 e. The Labute approximate surface area is 147 Å². The lowest BCUT2D eigenvalue weighted by molar-refractivity contribution is 0.518. The van der Waals surface area contributed by atoms with Crippen molar-refractivity contribution in [3.8, 4) is 0 Å². The molecule has 0 unspecified atom stereocenters. The molecule has 0 saturated heterocycles. The lowest BCUT2D eigenvalue weighted by Gasteiger charge is -2.25. The summed E-state index contributed by atoms with van der Waals surface area (Å²) in [5.41, 5.74) is 1.25. The van der Waals surface area contributed by atoms with Gasteiger partial charge in [0.25, 0.3) is 0 Å². The standard InChI is InChI=1S/C17H26N4S2/c1-5-15-21-13(11-23-15)8-9-19-16(18-4)20-12-17(2,3)14-7-6-10-22-14/h6-7,10-11H,5,8-9,12H2,1-4H3,(H2,18,19,20). The molecule has 2 rings (SSSR count). The Morgan fingerprint density at radius 1 is 1.30 bits per heavy atom. The first kappa shape index (κ1) is 17.9. The normalized spacial score (nSPS) is 12.4. The zero-order valence-electron chi connectivity index (χ0n) is 14.3. The average molecular weight is 351 g/mol. The number of nitrogens with zero attached hydrogens (tertiary/aromatic N) is 2. The fraction of sp³-hybridized carbons (Fsp3) is 0.529. The van der Waals surface area contributed by atoms with Crippen molar-refractivity contribution in [3.05, 3.63) is 38.5 Å². The van der Waals surface area contributed by atoms with Crippen LogP contribution >= 0.6 is 22.7 Å². The van der Waals surface area contributed by atoms with Gasteiger partial charge >= 0.3 is 0 Å². The van der Waals surface area contributed by atoms with E-state index in [9.17, 15) is 0 Å². The van der Waals surface area contributed by atoms with E-state index in [1.165, 1.54) is 9.88 Å². The van der Waals surface area contributed by atoms with Crippen molar-refractivity contribution in [1.29, 1.82) is 0 Å². The molecule has 23 heavy (non-hydrogen) atoms. The molecule has 0 bridgehead atoms. The molecule has 0 aliphatic carbocycles. The van der Waals surface area contributed by atoms with Gasteiger partial charge in [0.2, 0.25) is 0 Å². The maximum atomic E-state index is 4.59. The quantitative estimate of drug-likeness (QED) is 0.594. The van der Waals surface area contributed by atoms with Crippen LogP contribution in [0.5, 0.6) is 0 Å². The first-order valence-corrected chi connectivity index (χ1v) is 9.73. The number of aliphatic imine (C=N–C) groups is 1. The van der Waals surface area contributed by atoms with E-state index < -0.39 is 0 Å². The van der Waals surface area contributed by atoms with Crippen LogP contribution in [0.25, 0.3) is 0 Å². The van der Waals surface area contributed by atoms with Crippen molar-refractivity contribution in [2.45, 2.75) is 39.0 Å². The maximum absolute atomic E-state index is 4.59. The number of aryl methyl sites for hydroxylation is 1. The Bertz CT molecular complexity index is 614. The van der Waals surface area contributed by atoms with Crippen LogP contribution in [0, 0.1) is 0 Å². The summed E-state index contributed by atoms with van der Waals surface area (Å²) in [6.45, 7) is 8.33. The molecule has 4 nitrogen and oxygen atoms in total. The van der Waals surface area contributed by atoms with E-state index in [1.807, 2.05) is 7.05 Å². The van der Waals surface area contributed by atoms with E-state index in [0.717, 1.165) is 37.6 Å². The zero-order chi connectivity index (χ0) is 16.7. The van der Waals surface area contributed by atoms with Gasteiger partial charge in [0.1, 0.15) is 0 Å². The van der Waals surface area contributed by atoms with Crippen molar-refractivity contribution >= 4 is 28.6 Å². The molecule has 0 aromatic carbocycles. The number of guanidine groups is 1. The zero-order valence-corrected chi connectivity index (χ0v) is 16.0. The van der Waals surface area contributed by atoms with E-state index in [0.29, 0.717) is 0 Å². The minimum Gasteiger partial charge on any atom is -0.356 e. The molecule has 0 aliphatic heterocycles. The Morgan fingerprint density at radius 2 is 2.13 bits per heavy atom. The maximum Gasteiger partial charge on any atom is 0.191 e. The monoisotopic (exact) mass is 350 g/mol. The largest absolute Gasteiger partial charge is 0.356 e. The van der Waals surface area contributed by atoms with Crippen LogP contribution in [0.2, 0.25) is 0 Å². The average Bonchev–Trinajstić information content (AvgIpc) is 3.22. The number of rotatable bonds is 7. The summed E-state index contributed by atoms with van der Waals surface area (Å²) in [6, 6.07) is 4.29. The second-order valence-electron chi connectivity index (χ2n) is 6.05. The summed E-state index contributed by atoms with van der Waals surface area (Å²) in [6.07, 6.45) is 1.94. The highest BCUT2D eigenvalue weighted by atomic mass is 32.1. The number of hydrogen-bond acceptors (Lipinski definition) is 4. The highest BCUT2D eigenvalue weighted by molar-refractivity contribution is 7.10. The molecule has 0 spiro atoms. The van der Waals surface area contributed by atoms with Crippen molar-refractivity contribution in [3.63, 3.8) is 0 Å². The molecular weight excluding hydrogens is 324 g/mol. The molecule has 2 N–H and O–H groups in total. The molecule has 0 aliphatic rings. The Balaban J connectivity index is 1.77. The number of hydrogen-bond donors (Lipinski definition) is 2. The topological polar surface area (TPSA) is 49.3 Å². The van der Waals surface area contributed by atoms with Gasteiger partial charge in [-0.1, -0.05) is 26.8 Å². The molecule has 2 aromatic rings. The third-order valence-corrected chi connectivity index (χ3v) is 5.96. The lowest BCUT2D eigenvalue weighted by atomic mass is 9.91. The summed E-state index contributed by atoms with van der Waals surface area (Å²) in [5, 5.41) is 12.3. The second kappa shape index (κ2) is 8.45. The van der Waals surface area contributed by atoms with Gasteiger partial charge < -0.3 is 10.6 Å². The highest BCUT2D eigenvalue weighted by Crippen LogP contribution is 2.26. The molecular formula is C17H26N4S2. The fourth-order valence-corrected chi connectivity index (χ4v) is 3.84. The van der Waals surface area contributed by atoms with Crippen LogP contribution in [-0.2, 0) is 18.3 Å². The predicted octanol–water partition coefficient (Wildman–Crippen LogP) is 3.45. The van der Waals surface area contributed by atoms with Crippen LogP contribution in [0.4, 0.5) is 0 Å². The Kier molecular flexibility index (Phi) is 6.59. The van der Waals surface area contributed by atoms with Gasteiger partial charge in [0, 0.05) is 42.2 Å². The summed E-state index contributed by atoms with van der Waals surface area (Å²) in [7, 11) is 1.81. The van der Waals surface area contributed by atoms with Gasteiger partial charge in [-0.25, -0.2) is 4.98 Å². The summed E-state index contributed by atoms with van der Waals surface area (Å²) in [4.78, 5) is 10.3. The number of thiophene rings is 1. The molecule has 0 saturated carbocycles. The van der Waals surface area contributed by atoms with Crippen LogP contribution in [-0.4, -0.2) is 31.1 Å². The molecule has 0 atom stereocenters. The van der Waals surface area contributed by atoms with Crippen molar-refractivity contribution in [2.24, 2.45) is 4.99 Å². The first-order valence-electron chi connectivity index (χ1n) is 7.97. The van der Waals surface area contributed by atoms with Crippen molar-refractivity contribution in [2.75, 3.05) is 20.1 Å². The van der Waals surface area contributed by atoms with E-state index in [-0.39, 0.29) is 5.41 Å². The van der Waals surface area contributed by atoms with Crippen LogP contribution in [0.15, 0.2) is 27.9 Å². The highest BCUT2D eigenvalue weighted by Gasteiger charge is 2.21. The van der Waals surface area contributed by atoms with Gasteiger partial charge in [-0.05, 0) is 17.9 Å². The molecule has 0 radical (unpaired) electrons. The third kappa shape index (κ3) is 5.32. The summed E-state index contributed by atoms with van der Waals surface area (Å²) >= 11 is 3.54. The summed E-state index contributed by atoms with van der Waals surface area (Å²) < 4.78 is 0. The number of nitrogens with one attached hydrogen (secondary N) is 2. The minimum absolute atomic E-state index is 0.0940. The predicted molar refractivity (Wildman–Crippen MR) is 102 cm³/mol. The van der Waals surface area contributed by atoms with Crippen LogP contribution in [0.1, 0.15) is 36.3 Å². The van der Waals surface area contributed by atoms with Gasteiger partial charge in [-0.3, -0.25) is 4.99 Å². The van der Waals surface area contributed by atoms with Gasteiger partial charge in [0.05, 0.1) is 10.7 Å². The lowest BCUT2D eigenvalue weighted by Crippen LogP contribution is -2.43. The first-order chi connectivity index (χ1) is 11.0. The molecule has 6 heteroatoms. The van der Waals surface area contributed by atoms with Gasteiger partial charge in [0.15, 0.2) is 5.96 Å². The minimum atomic E-state index is 0.0940. The van der Waals surface area contributed by atoms with E-state index in [2.05, 4.69) is 64.3 Å². The van der Waals surface area contributed by atoms with Crippen molar-refractivity contribution < 1.29 is 0 Å². The molecule has 0 amide bonds. The van der Waals surface area contributed by atoms with Crippen LogP contribution < -0.4 is 10.6 Å². The molecule has 126 valence electrons. The molecule has 2 heterocycles. The number of thiazole rings is 1. The van der Waals surface area contributed by atoms with E-state index in [1.54, 1.807) is 22.7 Å². The van der Waals surface area contributed by atoms with E-state index >= 15 is 0 Å². The Hall–Kier alpha value is -1.40. The van der Waals surface area contributed by atoms with Crippen molar-refractivity contribution in [1.82, 2.24) is 15.6 Å². The molecule has 2 aromatic heterocycles. The Morgan fingerprint density at radius 3 is 2.74 bits per heavy atom. The number of aromatic nitrogens is 1.